The molecule has 1 saturated heterocycles. The van der Waals surface area contributed by atoms with Gasteiger partial charge in [-0.15, -0.1) is 0 Å². The lowest BCUT2D eigenvalue weighted by Crippen LogP contribution is -2.50. The Hall–Kier alpha value is -0.130. The van der Waals surface area contributed by atoms with Crippen molar-refractivity contribution >= 4 is 27.5 Å². The van der Waals surface area contributed by atoms with Gasteiger partial charge < -0.3 is 10.5 Å². The van der Waals surface area contributed by atoms with Crippen molar-refractivity contribution in [2.45, 2.75) is 32.0 Å². The van der Waals surface area contributed by atoms with E-state index in [4.69, 9.17) is 22.1 Å². The topological polar surface area (TPSA) is 38.5 Å². The molecule has 0 aliphatic carbocycles. The summed E-state index contributed by atoms with van der Waals surface area (Å²) >= 11 is 9.60. The van der Waals surface area contributed by atoms with Gasteiger partial charge in [0.1, 0.15) is 0 Å². The van der Waals surface area contributed by atoms with E-state index in [2.05, 4.69) is 40.7 Å². The highest BCUT2D eigenvalue weighted by Crippen LogP contribution is 2.32. The predicted octanol–water partition coefficient (Wildman–Crippen LogP) is 3.21. The van der Waals surface area contributed by atoms with Crippen LogP contribution in [0.15, 0.2) is 22.7 Å². The minimum Gasteiger partial charge on any atom is -0.376 e. The molecule has 3 nitrogen and oxygen atoms in total. The lowest BCUT2D eigenvalue weighted by molar-refractivity contribution is -0.0654. The third-order valence-electron chi connectivity index (χ3n) is 3.60. The second-order valence-corrected chi connectivity index (χ2v) is 6.40. The zero-order chi connectivity index (χ0) is 14.0. The molecule has 1 aliphatic rings. The molecule has 5 heteroatoms. The van der Waals surface area contributed by atoms with Gasteiger partial charge in [0.25, 0.3) is 0 Å². The van der Waals surface area contributed by atoms with Crippen LogP contribution in [0, 0.1) is 0 Å². The van der Waals surface area contributed by atoms with Gasteiger partial charge in [0, 0.05) is 34.7 Å². The van der Waals surface area contributed by atoms with E-state index in [0.717, 1.165) is 22.6 Å². The highest BCUT2D eigenvalue weighted by atomic mass is 79.9. The standard InChI is InChI=1S/C14H20BrClN2O/c1-9-8-19-10(2)7-18(9)14(6-17)12-4-3-11(16)5-13(12)15/h3-5,9-10,14H,6-8,17H2,1-2H3. The van der Waals surface area contributed by atoms with Crippen molar-refractivity contribution in [3.05, 3.63) is 33.3 Å². The molecule has 0 saturated carbocycles. The fourth-order valence-corrected chi connectivity index (χ4v) is 3.52. The SMILES string of the molecule is CC1CN(C(CN)c2ccc(Cl)cc2Br)C(C)CO1. The summed E-state index contributed by atoms with van der Waals surface area (Å²) in [4.78, 5) is 2.42. The number of halogens is 2. The van der Waals surface area contributed by atoms with E-state index in [-0.39, 0.29) is 12.1 Å². The first-order chi connectivity index (χ1) is 9.02. The van der Waals surface area contributed by atoms with E-state index in [0.29, 0.717) is 12.6 Å². The molecule has 1 aromatic carbocycles. The summed E-state index contributed by atoms with van der Waals surface area (Å²) in [6, 6.07) is 6.45. The normalized spacial score (nSPS) is 26.4. The van der Waals surface area contributed by atoms with Crippen molar-refractivity contribution in [1.29, 1.82) is 0 Å². The highest BCUT2D eigenvalue weighted by molar-refractivity contribution is 9.10. The monoisotopic (exact) mass is 346 g/mol. The third kappa shape index (κ3) is 3.50. The van der Waals surface area contributed by atoms with Gasteiger partial charge in [-0.2, -0.15) is 0 Å². The van der Waals surface area contributed by atoms with Crippen LogP contribution >= 0.6 is 27.5 Å². The minimum atomic E-state index is 0.188. The molecule has 0 bridgehead atoms. The summed E-state index contributed by atoms with van der Waals surface area (Å²) in [6.45, 7) is 6.51. The molecule has 3 atom stereocenters. The van der Waals surface area contributed by atoms with Crippen LogP contribution in [0.2, 0.25) is 5.02 Å². The number of morpholine rings is 1. The van der Waals surface area contributed by atoms with E-state index in [9.17, 15) is 0 Å². The van der Waals surface area contributed by atoms with Crippen LogP contribution in [0.4, 0.5) is 0 Å². The van der Waals surface area contributed by atoms with Crippen molar-refractivity contribution < 1.29 is 4.74 Å². The number of nitrogens with two attached hydrogens (primary N) is 1. The molecular formula is C14H20BrClN2O. The molecule has 106 valence electrons. The smallest absolute Gasteiger partial charge is 0.0675 e. The van der Waals surface area contributed by atoms with Crippen molar-refractivity contribution in [3.8, 4) is 0 Å². The quantitative estimate of drug-likeness (QED) is 0.912. The van der Waals surface area contributed by atoms with Crippen LogP contribution in [0.25, 0.3) is 0 Å². The van der Waals surface area contributed by atoms with E-state index < -0.39 is 0 Å². The summed E-state index contributed by atoms with van der Waals surface area (Å²) in [5, 5.41) is 0.731. The van der Waals surface area contributed by atoms with Gasteiger partial charge in [-0.05, 0) is 31.5 Å². The van der Waals surface area contributed by atoms with Crippen molar-refractivity contribution in [2.75, 3.05) is 19.7 Å². The Bertz CT molecular complexity index is 443. The summed E-state index contributed by atoms with van der Waals surface area (Å²) < 4.78 is 6.70. The Labute approximate surface area is 128 Å². The number of hydrogen-bond acceptors (Lipinski definition) is 3. The predicted molar refractivity (Wildman–Crippen MR) is 82.5 cm³/mol. The van der Waals surface area contributed by atoms with E-state index >= 15 is 0 Å². The Morgan fingerprint density at radius 2 is 2.26 bits per heavy atom. The van der Waals surface area contributed by atoms with Gasteiger partial charge in [0.2, 0.25) is 0 Å². The lowest BCUT2D eigenvalue weighted by atomic mass is 10.0. The van der Waals surface area contributed by atoms with Crippen LogP contribution in [0.3, 0.4) is 0 Å². The third-order valence-corrected chi connectivity index (χ3v) is 4.52. The maximum absolute atomic E-state index is 6.01. The Kier molecular flexibility index (Phi) is 5.26. The molecule has 0 amide bonds. The molecule has 1 aromatic rings. The van der Waals surface area contributed by atoms with Gasteiger partial charge >= 0.3 is 0 Å². The molecule has 19 heavy (non-hydrogen) atoms. The highest BCUT2D eigenvalue weighted by Gasteiger charge is 2.30. The second kappa shape index (κ2) is 6.55. The minimum absolute atomic E-state index is 0.188. The van der Waals surface area contributed by atoms with Crippen LogP contribution in [-0.4, -0.2) is 36.7 Å². The van der Waals surface area contributed by atoms with Gasteiger partial charge in [-0.1, -0.05) is 33.6 Å². The Balaban J connectivity index is 2.27. The zero-order valence-electron chi connectivity index (χ0n) is 11.3. The Morgan fingerprint density at radius 3 is 2.89 bits per heavy atom. The first-order valence-corrected chi connectivity index (χ1v) is 7.72. The lowest BCUT2D eigenvalue weighted by Gasteiger charge is -2.42. The van der Waals surface area contributed by atoms with Crippen molar-refractivity contribution in [1.82, 2.24) is 4.90 Å². The fourth-order valence-electron chi connectivity index (χ4n) is 2.58. The fraction of sp³-hybridized carbons (Fsp3) is 0.571. The van der Waals surface area contributed by atoms with Gasteiger partial charge in [-0.3, -0.25) is 4.90 Å². The van der Waals surface area contributed by atoms with E-state index in [1.165, 1.54) is 5.56 Å². The molecule has 0 aromatic heterocycles. The number of hydrogen-bond donors (Lipinski definition) is 1. The molecule has 2 N–H and O–H groups in total. The summed E-state index contributed by atoms with van der Waals surface area (Å²) in [5.74, 6) is 0. The van der Waals surface area contributed by atoms with Gasteiger partial charge in [-0.25, -0.2) is 0 Å². The first kappa shape index (κ1) is 15.3. The number of benzene rings is 1. The average molecular weight is 348 g/mol. The van der Waals surface area contributed by atoms with E-state index in [1.54, 1.807) is 0 Å². The Morgan fingerprint density at radius 1 is 1.53 bits per heavy atom. The van der Waals surface area contributed by atoms with Crippen molar-refractivity contribution in [2.24, 2.45) is 5.73 Å². The van der Waals surface area contributed by atoms with Crippen LogP contribution < -0.4 is 5.73 Å². The molecule has 3 unspecified atom stereocenters. The first-order valence-electron chi connectivity index (χ1n) is 6.55. The number of rotatable bonds is 3. The maximum Gasteiger partial charge on any atom is 0.0675 e. The zero-order valence-corrected chi connectivity index (χ0v) is 13.6. The van der Waals surface area contributed by atoms with Gasteiger partial charge in [0.05, 0.1) is 12.7 Å². The molecule has 0 radical (unpaired) electrons. The summed E-state index contributed by atoms with van der Waals surface area (Å²) in [7, 11) is 0. The molecule has 2 rings (SSSR count). The number of nitrogens with zero attached hydrogens (tertiary/aromatic N) is 1. The second-order valence-electron chi connectivity index (χ2n) is 5.11. The van der Waals surface area contributed by atoms with Crippen LogP contribution in [0.5, 0.6) is 0 Å². The molecule has 1 fully saturated rings. The molecule has 1 aliphatic heterocycles. The maximum atomic E-state index is 6.01. The molecular weight excluding hydrogens is 328 g/mol. The largest absolute Gasteiger partial charge is 0.376 e. The summed E-state index contributed by atoms with van der Waals surface area (Å²) in [5.41, 5.74) is 7.20. The number of ether oxygens (including phenoxy) is 1. The van der Waals surface area contributed by atoms with Crippen molar-refractivity contribution in [3.63, 3.8) is 0 Å². The van der Waals surface area contributed by atoms with Crippen LogP contribution in [-0.2, 0) is 4.74 Å². The molecule has 0 spiro atoms. The van der Waals surface area contributed by atoms with Crippen LogP contribution in [0.1, 0.15) is 25.5 Å². The van der Waals surface area contributed by atoms with E-state index in [1.807, 2.05) is 12.1 Å². The van der Waals surface area contributed by atoms with Gasteiger partial charge in [0.15, 0.2) is 0 Å². The average Bonchev–Trinajstić information content (AvgIpc) is 2.36. The summed E-state index contributed by atoms with van der Waals surface area (Å²) in [6.07, 6.45) is 0.247. The molecule has 1 heterocycles.